The van der Waals surface area contributed by atoms with Crippen LogP contribution in [0.3, 0.4) is 0 Å². The molecule has 176 valence electrons. The fraction of sp³-hybridized carbons (Fsp3) is 0.929. The molecule has 0 aromatic carbocycles. The summed E-state index contributed by atoms with van der Waals surface area (Å²) in [6.07, 6.45) is 15.2. The minimum Gasteiger partial charge on any atom is -0.390 e. The number of fused-ring (bicyclic) bond motifs is 5. The Bertz CT molecular complexity index is 720. The molecular formula is C28H46O3. The van der Waals surface area contributed by atoms with E-state index in [0.29, 0.717) is 23.4 Å². The summed E-state index contributed by atoms with van der Waals surface area (Å²) in [6, 6.07) is 0. The number of hydrogen-bond acceptors (Lipinski definition) is 3. The van der Waals surface area contributed by atoms with E-state index < -0.39 is 11.2 Å². The average Bonchev–Trinajstić information content (AvgIpc) is 3.30. The van der Waals surface area contributed by atoms with Crippen LogP contribution in [0.25, 0.3) is 0 Å². The molecule has 31 heavy (non-hydrogen) atoms. The van der Waals surface area contributed by atoms with E-state index in [1.54, 1.807) is 5.57 Å². The molecule has 5 aliphatic rings. The molecule has 4 fully saturated rings. The van der Waals surface area contributed by atoms with Crippen LogP contribution in [0.5, 0.6) is 0 Å². The van der Waals surface area contributed by atoms with Crippen molar-refractivity contribution in [2.45, 2.75) is 110 Å². The topological polar surface area (TPSA) is 49.7 Å². The van der Waals surface area contributed by atoms with Gasteiger partial charge in [-0.05, 0) is 112 Å². The molecule has 0 amide bonds. The molecule has 1 heterocycles. The van der Waals surface area contributed by atoms with Crippen molar-refractivity contribution in [1.82, 2.24) is 0 Å². The van der Waals surface area contributed by atoms with Crippen LogP contribution in [0.15, 0.2) is 11.6 Å². The zero-order chi connectivity index (χ0) is 22.1. The van der Waals surface area contributed by atoms with Crippen LogP contribution >= 0.6 is 0 Å². The summed E-state index contributed by atoms with van der Waals surface area (Å²) in [5.41, 5.74) is 1.30. The van der Waals surface area contributed by atoms with E-state index in [9.17, 15) is 10.2 Å². The number of allylic oxidation sites excluding steroid dienone is 1. The van der Waals surface area contributed by atoms with Crippen molar-refractivity contribution in [1.29, 1.82) is 0 Å². The predicted octanol–water partition coefficient (Wildman–Crippen LogP) is 5.88. The Labute approximate surface area is 190 Å². The number of rotatable bonds is 4. The van der Waals surface area contributed by atoms with E-state index in [2.05, 4.69) is 26.8 Å². The smallest absolute Gasteiger partial charge is 0.0902 e. The molecule has 3 heteroatoms. The zero-order valence-electron chi connectivity index (χ0n) is 20.5. The predicted molar refractivity (Wildman–Crippen MR) is 125 cm³/mol. The van der Waals surface area contributed by atoms with Crippen molar-refractivity contribution in [3.05, 3.63) is 11.6 Å². The van der Waals surface area contributed by atoms with E-state index >= 15 is 0 Å². The molecule has 3 saturated carbocycles. The Balaban J connectivity index is 1.31. The lowest BCUT2D eigenvalue weighted by atomic mass is 9.46. The van der Waals surface area contributed by atoms with E-state index in [-0.39, 0.29) is 0 Å². The Morgan fingerprint density at radius 3 is 2.58 bits per heavy atom. The molecule has 3 nitrogen and oxygen atoms in total. The van der Waals surface area contributed by atoms with Crippen LogP contribution in [0.2, 0.25) is 0 Å². The highest BCUT2D eigenvalue weighted by molar-refractivity contribution is 5.26. The molecule has 1 aliphatic heterocycles. The second kappa shape index (κ2) is 7.57. The van der Waals surface area contributed by atoms with Crippen molar-refractivity contribution in [2.75, 3.05) is 13.2 Å². The van der Waals surface area contributed by atoms with Crippen molar-refractivity contribution in [3.63, 3.8) is 0 Å². The van der Waals surface area contributed by atoms with Gasteiger partial charge in [-0.3, -0.25) is 0 Å². The molecule has 4 aliphatic carbocycles. The molecule has 9 atom stereocenters. The van der Waals surface area contributed by atoms with Gasteiger partial charge in [0.25, 0.3) is 0 Å². The first kappa shape index (κ1) is 22.4. The first-order valence-electron chi connectivity index (χ1n) is 13.3. The third kappa shape index (κ3) is 3.66. The normalized spacial score (nSPS) is 52.8. The van der Waals surface area contributed by atoms with Crippen molar-refractivity contribution < 1.29 is 14.9 Å². The Hall–Kier alpha value is -0.380. The summed E-state index contributed by atoms with van der Waals surface area (Å²) in [5.74, 6) is 3.99. The second-order valence-corrected chi connectivity index (χ2v) is 13.2. The molecule has 0 aromatic heterocycles. The van der Waals surface area contributed by atoms with E-state index in [1.165, 1.54) is 32.1 Å². The molecule has 1 saturated heterocycles. The van der Waals surface area contributed by atoms with Gasteiger partial charge in [0.2, 0.25) is 0 Å². The molecule has 2 N–H and O–H groups in total. The third-order valence-electron chi connectivity index (χ3n) is 11.3. The molecule has 0 unspecified atom stereocenters. The number of aliphatic hydroxyl groups is 2. The summed E-state index contributed by atoms with van der Waals surface area (Å²) in [7, 11) is 0. The number of hydrogen-bond donors (Lipinski definition) is 2. The highest BCUT2D eigenvalue weighted by Crippen LogP contribution is 2.67. The maximum absolute atomic E-state index is 10.8. The second-order valence-electron chi connectivity index (χ2n) is 13.2. The van der Waals surface area contributed by atoms with Crippen LogP contribution in [0.1, 0.15) is 98.3 Å². The van der Waals surface area contributed by atoms with Gasteiger partial charge in [-0.25, -0.2) is 0 Å². The number of ether oxygens (including phenoxy) is 1. The van der Waals surface area contributed by atoms with Gasteiger partial charge < -0.3 is 14.9 Å². The lowest BCUT2D eigenvalue weighted by Crippen LogP contribution is -2.52. The van der Waals surface area contributed by atoms with Crippen molar-refractivity contribution >= 4 is 0 Å². The van der Waals surface area contributed by atoms with Gasteiger partial charge >= 0.3 is 0 Å². The molecule has 0 bridgehead atoms. The monoisotopic (exact) mass is 430 g/mol. The fourth-order valence-corrected chi connectivity index (χ4v) is 9.27. The van der Waals surface area contributed by atoms with E-state index in [4.69, 9.17) is 4.74 Å². The highest BCUT2D eigenvalue weighted by Gasteiger charge is 2.59. The SMILES string of the molecule is C[C@H](CC[C@@]1(O)CCOC1)[C@H]1CC[C@H]2[C@@H]3CC=C4C[C@@](C)(O)CC[C@]4(C)[C@H]3CC[C@]12C. The van der Waals surface area contributed by atoms with Crippen LogP contribution in [-0.2, 0) is 4.74 Å². The fourth-order valence-electron chi connectivity index (χ4n) is 9.27. The van der Waals surface area contributed by atoms with Gasteiger partial charge in [0.1, 0.15) is 0 Å². The summed E-state index contributed by atoms with van der Waals surface area (Å²) in [5, 5.41) is 21.5. The average molecular weight is 431 g/mol. The minimum atomic E-state index is -0.563. The van der Waals surface area contributed by atoms with Gasteiger partial charge in [-0.2, -0.15) is 0 Å². The van der Waals surface area contributed by atoms with Crippen LogP contribution in [-0.4, -0.2) is 34.6 Å². The largest absolute Gasteiger partial charge is 0.390 e. The van der Waals surface area contributed by atoms with Gasteiger partial charge in [0.15, 0.2) is 0 Å². The highest BCUT2D eigenvalue weighted by atomic mass is 16.5. The first-order valence-corrected chi connectivity index (χ1v) is 13.3. The Kier molecular flexibility index (Phi) is 5.47. The van der Waals surface area contributed by atoms with E-state index in [1.807, 2.05) is 6.92 Å². The molecule has 5 rings (SSSR count). The summed E-state index contributed by atoms with van der Waals surface area (Å²) < 4.78 is 5.48. The Morgan fingerprint density at radius 1 is 1.03 bits per heavy atom. The zero-order valence-corrected chi connectivity index (χ0v) is 20.5. The molecule has 0 spiro atoms. The third-order valence-corrected chi connectivity index (χ3v) is 11.3. The summed E-state index contributed by atoms with van der Waals surface area (Å²) in [6.45, 7) is 10.9. The summed E-state index contributed by atoms with van der Waals surface area (Å²) >= 11 is 0. The van der Waals surface area contributed by atoms with Crippen LogP contribution in [0, 0.1) is 40.4 Å². The maximum atomic E-state index is 10.8. The van der Waals surface area contributed by atoms with Crippen LogP contribution < -0.4 is 0 Å². The van der Waals surface area contributed by atoms with Gasteiger partial charge in [-0.15, -0.1) is 0 Å². The molecular weight excluding hydrogens is 384 g/mol. The van der Waals surface area contributed by atoms with Gasteiger partial charge in [0, 0.05) is 13.0 Å². The van der Waals surface area contributed by atoms with Crippen molar-refractivity contribution in [3.8, 4) is 0 Å². The van der Waals surface area contributed by atoms with Crippen LogP contribution in [0.4, 0.5) is 0 Å². The van der Waals surface area contributed by atoms with Gasteiger partial charge in [-0.1, -0.05) is 32.4 Å². The van der Waals surface area contributed by atoms with Crippen molar-refractivity contribution in [2.24, 2.45) is 40.4 Å². The standard InChI is InChI=1S/C28H46O3/c1-19(9-12-28(30)15-16-31-18-28)22-7-8-23-21-6-5-20-17-25(2,29)13-14-26(20,3)24(21)10-11-27(22,23)4/h5,19,21-24,29-30H,6-18H2,1-4H3/t19-,21+,22-,23+,24+,25+,26+,27-,28-/m1/s1. The first-order chi connectivity index (χ1) is 14.6. The molecule has 0 aromatic rings. The lowest BCUT2D eigenvalue weighted by molar-refractivity contribution is -0.0717. The minimum absolute atomic E-state index is 0.321. The molecule has 0 radical (unpaired) electrons. The quantitative estimate of drug-likeness (QED) is 0.547. The Morgan fingerprint density at radius 2 is 1.84 bits per heavy atom. The summed E-state index contributed by atoms with van der Waals surface area (Å²) in [4.78, 5) is 0. The van der Waals surface area contributed by atoms with E-state index in [0.717, 1.165) is 68.8 Å². The maximum Gasteiger partial charge on any atom is 0.0902 e. The lowest BCUT2D eigenvalue weighted by Gasteiger charge is -2.59. The van der Waals surface area contributed by atoms with Gasteiger partial charge in [0.05, 0.1) is 17.8 Å².